The van der Waals surface area contributed by atoms with Crippen molar-refractivity contribution in [3.8, 4) is 5.75 Å². The number of ether oxygens (including phenoxy) is 2. The molecular weight excluding hydrogens is 256 g/mol. The van der Waals surface area contributed by atoms with E-state index in [-0.39, 0.29) is 6.03 Å². The molecule has 0 aromatic heterocycles. The zero-order chi connectivity index (χ0) is 13.5. The molecule has 1 N–H and O–H groups in total. The van der Waals surface area contributed by atoms with Gasteiger partial charge in [-0.15, -0.1) is 0 Å². The molecule has 1 aromatic carbocycles. The molecule has 1 aromatic rings. The minimum Gasteiger partial charge on any atom is -0.495 e. The van der Waals surface area contributed by atoms with Crippen molar-refractivity contribution in [2.24, 2.45) is 0 Å². The minimum absolute atomic E-state index is 0.215. The maximum absolute atomic E-state index is 11.8. The van der Waals surface area contributed by atoms with E-state index in [1.165, 1.54) is 12.0 Å². The van der Waals surface area contributed by atoms with Crippen LogP contribution in [0.5, 0.6) is 5.75 Å². The topological polar surface area (TPSA) is 50.8 Å². The predicted octanol–water partition coefficient (Wildman–Crippen LogP) is 2.46. The van der Waals surface area contributed by atoms with Crippen LogP contribution in [0.3, 0.4) is 0 Å². The second-order valence-electron chi connectivity index (χ2n) is 3.69. The predicted molar refractivity (Wildman–Crippen MR) is 71.5 cm³/mol. The third-order valence-electron chi connectivity index (χ3n) is 2.38. The van der Waals surface area contributed by atoms with Crippen LogP contribution in [0.4, 0.5) is 10.5 Å². The Morgan fingerprint density at radius 2 is 2.17 bits per heavy atom. The number of carbonyl (C=O) groups is 1. The van der Waals surface area contributed by atoms with E-state index in [1.54, 1.807) is 32.4 Å². The Bertz CT molecular complexity index is 412. The highest BCUT2D eigenvalue weighted by Crippen LogP contribution is 2.27. The van der Waals surface area contributed by atoms with Crippen molar-refractivity contribution in [2.75, 3.05) is 39.7 Å². The Balaban J connectivity index is 2.61. The van der Waals surface area contributed by atoms with E-state index in [0.29, 0.717) is 29.6 Å². The molecule has 0 aliphatic heterocycles. The summed E-state index contributed by atoms with van der Waals surface area (Å²) in [5.74, 6) is 0.572. The summed E-state index contributed by atoms with van der Waals surface area (Å²) in [5, 5.41) is 3.19. The largest absolute Gasteiger partial charge is 0.495 e. The zero-order valence-electron chi connectivity index (χ0n) is 10.7. The van der Waals surface area contributed by atoms with E-state index < -0.39 is 0 Å². The summed E-state index contributed by atoms with van der Waals surface area (Å²) in [7, 11) is 4.83. The van der Waals surface area contributed by atoms with Crippen LogP contribution in [0.2, 0.25) is 5.02 Å². The van der Waals surface area contributed by atoms with Gasteiger partial charge in [0.25, 0.3) is 0 Å². The van der Waals surface area contributed by atoms with Crippen molar-refractivity contribution in [1.29, 1.82) is 0 Å². The number of likely N-dealkylation sites (N-methyl/N-ethyl adjacent to an activating group) is 1. The summed E-state index contributed by atoms with van der Waals surface area (Å²) >= 11 is 5.97. The van der Waals surface area contributed by atoms with Crippen LogP contribution < -0.4 is 10.1 Å². The van der Waals surface area contributed by atoms with Gasteiger partial charge in [0.2, 0.25) is 0 Å². The van der Waals surface area contributed by atoms with Crippen LogP contribution in [0.1, 0.15) is 0 Å². The molecule has 0 heterocycles. The fourth-order valence-electron chi connectivity index (χ4n) is 1.29. The summed E-state index contributed by atoms with van der Waals surface area (Å²) in [6.45, 7) is 1.01. The van der Waals surface area contributed by atoms with Gasteiger partial charge in [0.05, 0.1) is 18.7 Å². The number of anilines is 1. The highest BCUT2D eigenvalue weighted by atomic mass is 35.5. The number of halogens is 1. The molecule has 2 amide bonds. The maximum atomic E-state index is 11.8. The highest BCUT2D eigenvalue weighted by Gasteiger charge is 2.09. The van der Waals surface area contributed by atoms with Gasteiger partial charge in [-0.25, -0.2) is 4.79 Å². The summed E-state index contributed by atoms with van der Waals surface area (Å²) < 4.78 is 9.94. The quantitative estimate of drug-likeness (QED) is 0.896. The number of urea groups is 1. The zero-order valence-corrected chi connectivity index (χ0v) is 11.5. The lowest BCUT2D eigenvalue weighted by molar-refractivity contribution is 0.165. The Labute approximate surface area is 112 Å². The lowest BCUT2D eigenvalue weighted by Gasteiger charge is -2.17. The van der Waals surface area contributed by atoms with Crippen molar-refractivity contribution in [3.05, 3.63) is 23.2 Å². The van der Waals surface area contributed by atoms with Gasteiger partial charge in [0, 0.05) is 26.4 Å². The number of nitrogens with one attached hydrogen (secondary N) is 1. The van der Waals surface area contributed by atoms with Gasteiger partial charge >= 0.3 is 6.03 Å². The number of nitrogens with zero attached hydrogens (tertiary/aromatic N) is 1. The van der Waals surface area contributed by atoms with E-state index in [0.717, 1.165) is 0 Å². The molecule has 6 heteroatoms. The summed E-state index contributed by atoms with van der Waals surface area (Å²) in [4.78, 5) is 13.3. The van der Waals surface area contributed by atoms with Crippen LogP contribution in [0.25, 0.3) is 0 Å². The molecule has 0 radical (unpaired) electrons. The first-order valence-corrected chi connectivity index (χ1v) is 5.81. The molecule has 0 fully saturated rings. The Kier molecular flexibility index (Phi) is 5.74. The van der Waals surface area contributed by atoms with Gasteiger partial charge in [-0.3, -0.25) is 0 Å². The lowest BCUT2D eigenvalue weighted by Crippen LogP contribution is -2.33. The van der Waals surface area contributed by atoms with Crippen molar-refractivity contribution < 1.29 is 14.3 Å². The van der Waals surface area contributed by atoms with Crippen molar-refractivity contribution >= 4 is 23.3 Å². The van der Waals surface area contributed by atoms with E-state index in [2.05, 4.69) is 5.32 Å². The number of methoxy groups -OCH3 is 2. The fraction of sp³-hybridized carbons (Fsp3) is 0.417. The van der Waals surface area contributed by atoms with Gasteiger partial charge in [-0.05, 0) is 18.2 Å². The highest BCUT2D eigenvalue weighted by molar-refractivity contribution is 6.32. The molecule has 1 rings (SSSR count). The third-order valence-corrected chi connectivity index (χ3v) is 2.68. The molecule has 5 nitrogen and oxygen atoms in total. The number of amides is 2. The molecule has 0 saturated carbocycles. The van der Waals surface area contributed by atoms with Gasteiger partial charge in [-0.1, -0.05) is 11.6 Å². The molecule has 0 aliphatic carbocycles. The van der Waals surface area contributed by atoms with E-state index >= 15 is 0 Å². The van der Waals surface area contributed by atoms with E-state index in [9.17, 15) is 4.79 Å². The van der Waals surface area contributed by atoms with Crippen molar-refractivity contribution in [3.63, 3.8) is 0 Å². The van der Waals surface area contributed by atoms with Gasteiger partial charge in [-0.2, -0.15) is 0 Å². The van der Waals surface area contributed by atoms with Crippen LogP contribution in [0.15, 0.2) is 18.2 Å². The number of hydrogen-bond acceptors (Lipinski definition) is 3. The van der Waals surface area contributed by atoms with Gasteiger partial charge in [0.1, 0.15) is 5.75 Å². The molecular formula is C12H17ClN2O3. The molecule has 100 valence electrons. The minimum atomic E-state index is -0.215. The third kappa shape index (κ3) is 4.09. The van der Waals surface area contributed by atoms with E-state index in [1.807, 2.05) is 0 Å². The fourth-order valence-corrected chi connectivity index (χ4v) is 1.55. The first-order valence-electron chi connectivity index (χ1n) is 5.43. The lowest BCUT2D eigenvalue weighted by atomic mass is 10.3. The smallest absolute Gasteiger partial charge is 0.321 e. The van der Waals surface area contributed by atoms with Crippen molar-refractivity contribution in [2.45, 2.75) is 0 Å². The standard InChI is InChI=1S/C12H17ClN2O3/c1-15(6-7-17-2)12(16)14-9-4-5-11(18-3)10(13)8-9/h4-5,8H,6-7H2,1-3H3,(H,14,16). The molecule has 0 bridgehead atoms. The van der Waals surface area contributed by atoms with Crippen LogP contribution >= 0.6 is 11.6 Å². The molecule has 0 unspecified atom stereocenters. The number of benzene rings is 1. The monoisotopic (exact) mass is 272 g/mol. The number of rotatable bonds is 5. The molecule has 0 saturated heterocycles. The number of carbonyl (C=O) groups excluding carboxylic acids is 1. The summed E-state index contributed by atoms with van der Waals surface area (Å²) in [6, 6.07) is 4.86. The Hall–Kier alpha value is -1.46. The van der Waals surface area contributed by atoms with Gasteiger partial charge in [0.15, 0.2) is 0 Å². The summed E-state index contributed by atoms with van der Waals surface area (Å²) in [5.41, 5.74) is 0.620. The van der Waals surface area contributed by atoms with Crippen molar-refractivity contribution in [1.82, 2.24) is 4.90 Å². The average molecular weight is 273 g/mol. The SMILES string of the molecule is COCCN(C)C(=O)Nc1ccc(OC)c(Cl)c1. The first-order chi connectivity index (χ1) is 8.58. The molecule has 0 atom stereocenters. The van der Waals surface area contributed by atoms with E-state index in [4.69, 9.17) is 21.1 Å². The normalized spacial score (nSPS) is 10.0. The number of hydrogen-bond donors (Lipinski definition) is 1. The Morgan fingerprint density at radius 3 is 2.72 bits per heavy atom. The summed E-state index contributed by atoms with van der Waals surface area (Å²) in [6.07, 6.45) is 0. The average Bonchev–Trinajstić information content (AvgIpc) is 2.36. The molecule has 0 spiro atoms. The van der Waals surface area contributed by atoms with Gasteiger partial charge < -0.3 is 19.7 Å². The second-order valence-corrected chi connectivity index (χ2v) is 4.10. The Morgan fingerprint density at radius 1 is 1.44 bits per heavy atom. The molecule has 0 aliphatic rings. The van der Waals surface area contributed by atoms with Crippen LogP contribution in [0, 0.1) is 0 Å². The first kappa shape index (κ1) is 14.6. The van der Waals surface area contributed by atoms with Crippen LogP contribution in [-0.4, -0.2) is 45.3 Å². The molecule has 18 heavy (non-hydrogen) atoms. The van der Waals surface area contributed by atoms with Crippen LogP contribution in [-0.2, 0) is 4.74 Å². The maximum Gasteiger partial charge on any atom is 0.321 e. The second kappa shape index (κ2) is 7.08.